The summed E-state index contributed by atoms with van der Waals surface area (Å²) in [6.45, 7) is 1.98. The molecule has 0 saturated heterocycles. The summed E-state index contributed by atoms with van der Waals surface area (Å²) in [6.07, 6.45) is 3.08. The van der Waals surface area contributed by atoms with Crippen molar-refractivity contribution in [2.45, 2.75) is 6.92 Å². The van der Waals surface area contributed by atoms with Gasteiger partial charge < -0.3 is 9.47 Å². The van der Waals surface area contributed by atoms with Crippen LogP contribution in [0.3, 0.4) is 0 Å². The van der Waals surface area contributed by atoms with Gasteiger partial charge >= 0.3 is 0 Å². The van der Waals surface area contributed by atoms with Gasteiger partial charge in [0.15, 0.2) is 11.5 Å². The summed E-state index contributed by atoms with van der Waals surface area (Å²) < 4.78 is 10.5. The number of hydrogen-bond acceptors (Lipinski definition) is 5. The van der Waals surface area contributed by atoms with Crippen LogP contribution in [0.5, 0.6) is 11.5 Å². The van der Waals surface area contributed by atoms with E-state index in [9.17, 15) is 4.79 Å². The number of aryl methyl sites for hydroxylation is 1. The van der Waals surface area contributed by atoms with Gasteiger partial charge in [0.1, 0.15) is 5.82 Å². The van der Waals surface area contributed by atoms with Crippen LogP contribution in [0.1, 0.15) is 11.4 Å². The summed E-state index contributed by atoms with van der Waals surface area (Å²) in [7, 11) is 0. The molecule has 0 bridgehead atoms. The van der Waals surface area contributed by atoms with Crippen molar-refractivity contribution in [3.8, 4) is 11.5 Å². The second-order valence-corrected chi connectivity index (χ2v) is 4.18. The maximum atomic E-state index is 11.7. The molecular weight excluding hydrogens is 260 g/mol. The Hall–Kier alpha value is -2.83. The second kappa shape index (κ2) is 5.04. The van der Waals surface area contributed by atoms with Crippen molar-refractivity contribution in [2.24, 2.45) is 0 Å². The molecule has 0 spiro atoms. The summed E-state index contributed by atoms with van der Waals surface area (Å²) in [4.78, 5) is 15.7. The molecule has 0 aliphatic carbocycles. The van der Waals surface area contributed by atoms with E-state index in [1.165, 1.54) is 6.08 Å². The number of anilines is 1. The summed E-state index contributed by atoms with van der Waals surface area (Å²) >= 11 is 0. The summed E-state index contributed by atoms with van der Waals surface area (Å²) in [5, 5.41) is 9.02. The standard InChI is InChI=1S/C13H12N4O3/c1-8-14-13(17-16-8)15-12(18)5-3-9-2-4-10-11(6-9)20-7-19-10/h2-6H,7H2,1H3,(H2,14,15,16,17,18). The number of hydrogen-bond donors (Lipinski definition) is 2. The Morgan fingerprint density at radius 3 is 3.05 bits per heavy atom. The number of amides is 1. The van der Waals surface area contributed by atoms with Crippen molar-refractivity contribution in [3.05, 3.63) is 35.7 Å². The molecule has 3 rings (SSSR count). The lowest BCUT2D eigenvalue weighted by atomic mass is 10.2. The zero-order chi connectivity index (χ0) is 13.9. The maximum Gasteiger partial charge on any atom is 0.250 e. The first kappa shape index (κ1) is 12.2. The van der Waals surface area contributed by atoms with Gasteiger partial charge in [0, 0.05) is 6.08 Å². The lowest BCUT2D eigenvalue weighted by Crippen LogP contribution is -2.09. The van der Waals surface area contributed by atoms with Crippen LogP contribution in [0, 0.1) is 6.92 Å². The highest BCUT2D eigenvalue weighted by molar-refractivity contribution is 6.00. The molecule has 2 N–H and O–H groups in total. The molecule has 0 saturated carbocycles. The highest BCUT2D eigenvalue weighted by atomic mass is 16.7. The van der Waals surface area contributed by atoms with Gasteiger partial charge in [-0.1, -0.05) is 6.07 Å². The zero-order valence-electron chi connectivity index (χ0n) is 10.7. The maximum absolute atomic E-state index is 11.7. The normalized spacial score (nSPS) is 12.8. The van der Waals surface area contributed by atoms with Gasteiger partial charge in [-0.3, -0.25) is 15.2 Å². The van der Waals surface area contributed by atoms with Crippen molar-refractivity contribution in [1.29, 1.82) is 0 Å². The Kier molecular flexibility index (Phi) is 3.08. The third-order valence-electron chi connectivity index (χ3n) is 2.66. The van der Waals surface area contributed by atoms with Crippen LogP contribution in [0.15, 0.2) is 24.3 Å². The predicted molar refractivity (Wildman–Crippen MR) is 71.3 cm³/mol. The third kappa shape index (κ3) is 2.61. The van der Waals surface area contributed by atoms with E-state index < -0.39 is 0 Å². The number of nitrogens with zero attached hydrogens (tertiary/aromatic N) is 2. The number of rotatable bonds is 3. The SMILES string of the molecule is Cc1nc(NC(=O)C=Cc2ccc3c(c2)OCO3)n[nH]1. The first-order valence-corrected chi connectivity index (χ1v) is 5.98. The topological polar surface area (TPSA) is 89.1 Å². The smallest absolute Gasteiger partial charge is 0.250 e. The molecule has 0 fully saturated rings. The molecule has 1 aliphatic rings. The van der Waals surface area contributed by atoms with Crippen LogP contribution in [-0.2, 0) is 4.79 Å². The highest BCUT2D eigenvalue weighted by Crippen LogP contribution is 2.32. The lowest BCUT2D eigenvalue weighted by molar-refractivity contribution is -0.111. The Balaban J connectivity index is 1.66. The van der Waals surface area contributed by atoms with Crippen molar-refractivity contribution in [1.82, 2.24) is 15.2 Å². The predicted octanol–water partition coefficient (Wildman–Crippen LogP) is 1.49. The molecule has 102 valence electrons. The molecule has 1 aliphatic heterocycles. The fourth-order valence-corrected chi connectivity index (χ4v) is 1.74. The Labute approximate surface area is 114 Å². The largest absolute Gasteiger partial charge is 0.454 e. The van der Waals surface area contributed by atoms with E-state index in [2.05, 4.69) is 20.5 Å². The minimum absolute atomic E-state index is 0.229. The number of carbonyl (C=O) groups is 1. The molecule has 2 heterocycles. The highest BCUT2D eigenvalue weighted by Gasteiger charge is 2.12. The van der Waals surface area contributed by atoms with Gasteiger partial charge in [0.25, 0.3) is 5.91 Å². The van der Waals surface area contributed by atoms with Crippen LogP contribution >= 0.6 is 0 Å². The Morgan fingerprint density at radius 1 is 1.40 bits per heavy atom. The minimum atomic E-state index is -0.304. The van der Waals surface area contributed by atoms with E-state index in [0.717, 1.165) is 5.56 Å². The van der Waals surface area contributed by atoms with Crippen molar-refractivity contribution < 1.29 is 14.3 Å². The van der Waals surface area contributed by atoms with E-state index >= 15 is 0 Å². The molecule has 0 unspecified atom stereocenters. The number of fused-ring (bicyclic) bond motifs is 1. The van der Waals surface area contributed by atoms with Gasteiger partial charge in [0.05, 0.1) is 0 Å². The fraction of sp³-hybridized carbons (Fsp3) is 0.154. The number of aromatic amines is 1. The first-order valence-electron chi connectivity index (χ1n) is 5.98. The summed E-state index contributed by atoms with van der Waals surface area (Å²) in [6, 6.07) is 5.45. The molecule has 1 amide bonds. The molecule has 1 aromatic heterocycles. The van der Waals surface area contributed by atoms with Crippen molar-refractivity contribution in [3.63, 3.8) is 0 Å². The molecular formula is C13H12N4O3. The van der Waals surface area contributed by atoms with E-state index in [1.807, 2.05) is 12.1 Å². The average molecular weight is 272 g/mol. The molecule has 2 aromatic rings. The van der Waals surface area contributed by atoms with E-state index in [-0.39, 0.29) is 18.6 Å². The van der Waals surface area contributed by atoms with E-state index in [0.29, 0.717) is 17.3 Å². The third-order valence-corrected chi connectivity index (χ3v) is 2.66. The Morgan fingerprint density at radius 2 is 2.25 bits per heavy atom. The van der Waals surface area contributed by atoms with Crippen LogP contribution in [0.2, 0.25) is 0 Å². The molecule has 20 heavy (non-hydrogen) atoms. The second-order valence-electron chi connectivity index (χ2n) is 4.18. The Bertz CT molecular complexity index is 678. The van der Waals surface area contributed by atoms with E-state index in [4.69, 9.17) is 9.47 Å². The lowest BCUT2D eigenvalue weighted by Gasteiger charge is -1.98. The van der Waals surface area contributed by atoms with Crippen LogP contribution in [-0.4, -0.2) is 27.9 Å². The number of carbonyl (C=O) groups excluding carboxylic acids is 1. The van der Waals surface area contributed by atoms with Gasteiger partial charge in [-0.2, -0.15) is 4.98 Å². The molecule has 7 heteroatoms. The van der Waals surface area contributed by atoms with E-state index in [1.54, 1.807) is 19.1 Å². The van der Waals surface area contributed by atoms with Crippen molar-refractivity contribution >= 4 is 17.9 Å². The average Bonchev–Trinajstić information content (AvgIpc) is 3.04. The summed E-state index contributed by atoms with van der Waals surface area (Å²) in [5.74, 6) is 1.98. The van der Waals surface area contributed by atoms with Gasteiger partial charge in [0.2, 0.25) is 12.7 Å². The van der Waals surface area contributed by atoms with Gasteiger partial charge in [-0.05, 0) is 30.7 Å². The van der Waals surface area contributed by atoms with Gasteiger partial charge in [-0.15, -0.1) is 5.10 Å². The van der Waals surface area contributed by atoms with Crippen LogP contribution in [0.4, 0.5) is 5.95 Å². The zero-order valence-corrected chi connectivity index (χ0v) is 10.7. The van der Waals surface area contributed by atoms with Crippen molar-refractivity contribution in [2.75, 3.05) is 12.1 Å². The van der Waals surface area contributed by atoms with Gasteiger partial charge in [-0.25, -0.2) is 0 Å². The number of aromatic nitrogens is 3. The monoisotopic (exact) mass is 272 g/mol. The quantitative estimate of drug-likeness (QED) is 0.826. The van der Waals surface area contributed by atoms with Crippen LogP contribution in [0.25, 0.3) is 6.08 Å². The number of benzene rings is 1. The minimum Gasteiger partial charge on any atom is -0.454 e. The molecule has 7 nitrogen and oxygen atoms in total. The molecule has 0 radical (unpaired) electrons. The number of nitrogens with one attached hydrogen (secondary N) is 2. The molecule has 0 atom stereocenters. The number of ether oxygens (including phenoxy) is 2. The summed E-state index contributed by atoms with van der Waals surface area (Å²) in [5.41, 5.74) is 0.843. The fourth-order valence-electron chi connectivity index (χ4n) is 1.74. The number of H-pyrrole nitrogens is 1. The molecule has 1 aromatic carbocycles. The van der Waals surface area contributed by atoms with Crippen LogP contribution < -0.4 is 14.8 Å². The first-order chi connectivity index (χ1) is 9.70.